The van der Waals surface area contributed by atoms with Gasteiger partial charge in [0.25, 0.3) is 0 Å². The molecule has 0 spiro atoms. The molecule has 2 heterocycles. The summed E-state index contributed by atoms with van der Waals surface area (Å²) >= 11 is 0. The molecule has 0 amide bonds. The zero-order valence-corrected chi connectivity index (χ0v) is 9.45. The standard InChI is InChI=1S/C13H10N4O/c14-13-16-7-5-12(17-13)18-10-4-3-9-2-1-6-15-11(9)8-10/h1-8H,(H2,14,16,17). The number of hydrogen-bond donors (Lipinski definition) is 1. The minimum Gasteiger partial charge on any atom is -0.439 e. The largest absolute Gasteiger partial charge is 0.439 e. The highest BCUT2D eigenvalue weighted by molar-refractivity contribution is 5.79. The van der Waals surface area contributed by atoms with Crippen molar-refractivity contribution >= 4 is 16.9 Å². The second-order valence-electron chi connectivity index (χ2n) is 3.71. The predicted molar refractivity (Wildman–Crippen MR) is 68.3 cm³/mol. The number of nitrogens with two attached hydrogens (primary N) is 1. The molecule has 0 bridgehead atoms. The third-order valence-electron chi connectivity index (χ3n) is 2.45. The molecule has 88 valence electrons. The van der Waals surface area contributed by atoms with Gasteiger partial charge in [-0.1, -0.05) is 6.07 Å². The molecule has 5 heteroatoms. The minimum absolute atomic E-state index is 0.186. The number of ether oxygens (including phenoxy) is 1. The average molecular weight is 238 g/mol. The SMILES string of the molecule is Nc1nccc(Oc2ccc3cccnc3c2)n1. The second kappa shape index (κ2) is 4.29. The van der Waals surface area contributed by atoms with Crippen LogP contribution in [0.1, 0.15) is 0 Å². The van der Waals surface area contributed by atoms with Gasteiger partial charge in [-0.25, -0.2) is 4.98 Å². The van der Waals surface area contributed by atoms with Crippen LogP contribution in [0.25, 0.3) is 10.9 Å². The molecule has 3 aromatic rings. The van der Waals surface area contributed by atoms with Gasteiger partial charge in [0.05, 0.1) is 5.52 Å². The molecule has 2 aromatic heterocycles. The minimum atomic E-state index is 0.186. The van der Waals surface area contributed by atoms with Gasteiger partial charge in [-0.15, -0.1) is 0 Å². The van der Waals surface area contributed by atoms with Crippen LogP contribution in [0, 0.1) is 0 Å². The molecular weight excluding hydrogens is 228 g/mol. The molecule has 5 nitrogen and oxygen atoms in total. The molecule has 2 N–H and O–H groups in total. The van der Waals surface area contributed by atoms with Crippen molar-refractivity contribution in [2.75, 3.05) is 5.73 Å². The Labute approximate surface area is 103 Å². The van der Waals surface area contributed by atoms with E-state index < -0.39 is 0 Å². The van der Waals surface area contributed by atoms with Crippen molar-refractivity contribution in [2.45, 2.75) is 0 Å². The van der Waals surface area contributed by atoms with Crippen LogP contribution in [0.3, 0.4) is 0 Å². The first-order valence-electron chi connectivity index (χ1n) is 5.42. The van der Waals surface area contributed by atoms with Crippen molar-refractivity contribution < 1.29 is 4.74 Å². The van der Waals surface area contributed by atoms with E-state index >= 15 is 0 Å². The number of fused-ring (bicyclic) bond motifs is 1. The van der Waals surface area contributed by atoms with Gasteiger partial charge in [-0.3, -0.25) is 4.98 Å². The normalized spacial score (nSPS) is 10.4. The van der Waals surface area contributed by atoms with E-state index in [0.717, 1.165) is 10.9 Å². The Balaban J connectivity index is 1.95. The Morgan fingerprint density at radius 1 is 1.00 bits per heavy atom. The molecular formula is C13H10N4O. The summed E-state index contributed by atoms with van der Waals surface area (Å²) in [5.41, 5.74) is 6.36. The molecule has 1 aromatic carbocycles. The lowest BCUT2D eigenvalue weighted by atomic mass is 10.2. The second-order valence-corrected chi connectivity index (χ2v) is 3.71. The third-order valence-corrected chi connectivity index (χ3v) is 2.45. The molecule has 0 unspecified atom stereocenters. The zero-order chi connectivity index (χ0) is 12.4. The summed E-state index contributed by atoms with van der Waals surface area (Å²) in [6, 6.07) is 11.2. The maximum atomic E-state index is 5.60. The van der Waals surface area contributed by atoms with Crippen LogP contribution >= 0.6 is 0 Å². The first-order valence-corrected chi connectivity index (χ1v) is 5.42. The van der Waals surface area contributed by atoms with Crippen LogP contribution in [0.15, 0.2) is 48.8 Å². The molecule has 0 fully saturated rings. The van der Waals surface area contributed by atoms with Gasteiger partial charge in [0.15, 0.2) is 0 Å². The molecule has 3 rings (SSSR count). The summed E-state index contributed by atoms with van der Waals surface area (Å²) < 4.78 is 5.60. The number of pyridine rings is 1. The van der Waals surface area contributed by atoms with Gasteiger partial charge in [0.1, 0.15) is 5.75 Å². The Kier molecular flexibility index (Phi) is 2.49. The number of rotatable bonds is 2. The van der Waals surface area contributed by atoms with Crippen molar-refractivity contribution in [3.05, 3.63) is 48.8 Å². The Morgan fingerprint density at radius 3 is 2.83 bits per heavy atom. The molecule has 0 radical (unpaired) electrons. The Bertz CT molecular complexity index is 699. The monoisotopic (exact) mass is 238 g/mol. The molecule has 0 aliphatic rings. The van der Waals surface area contributed by atoms with Crippen molar-refractivity contribution in [3.8, 4) is 11.6 Å². The number of nitrogen functional groups attached to an aromatic ring is 1. The van der Waals surface area contributed by atoms with E-state index in [1.807, 2.05) is 30.3 Å². The number of aromatic nitrogens is 3. The van der Waals surface area contributed by atoms with Crippen LogP contribution in [-0.4, -0.2) is 15.0 Å². The number of nitrogens with zero attached hydrogens (tertiary/aromatic N) is 3. The smallest absolute Gasteiger partial charge is 0.224 e. The lowest BCUT2D eigenvalue weighted by Crippen LogP contribution is -1.95. The van der Waals surface area contributed by atoms with Gasteiger partial charge in [0.2, 0.25) is 11.8 Å². The summed E-state index contributed by atoms with van der Waals surface area (Å²) in [6.45, 7) is 0. The fraction of sp³-hybridized carbons (Fsp3) is 0. The van der Waals surface area contributed by atoms with Crippen LogP contribution in [0.5, 0.6) is 11.6 Å². The van der Waals surface area contributed by atoms with Crippen LogP contribution < -0.4 is 10.5 Å². The summed E-state index contributed by atoms with van der Waals surface area (Å²) in [7, 11) is 0. The lowest BCUT2D eigenvalue weighted by Gasteiger charge is -2.05. The summed E-state index contributed by atoms with van der Waals surface area (Å²) in [5.74, 6) is 1.27. The molecule has 0 saturated carbocycles. The maximum absolute atomic E-state index is 5.60. The van der Waals surface area contributed by atoms with Crippen LogP contribution in [0.2, 0.25) is 0 Å². The molecule has 0 atom stereocenters. The van der Waals surface area contributed by atoms with Gasteiger partial charge in [-0.05, 0) is 18.2 Å². The number of benzene rings is 1. The molecule has 0 aliphatic heterocycles. The Hall–Kier alpha value is -2.69. The van der Waals surface area contributed by atoms with E-state index in [4.69, 9.17) is 10.5 Å². The Morgan fingerprint density at radius 2 is 1.94 bits per heavy atom. The third kappa shape index (κ3) is 2.06. The van der Waals surface area contributed by atoms with Crippen molar-refractivity contribution in [1.29, 1.82) is 0 Å². The summed E-state index contributed by atoms with van der Waals surface area (Å²) in [4.78, 5) is 12.0. The quantitative estimate of drug-likeness (QED) is 0.742. The molecule has 0 saturated heterocycles. The topological polar surface area (TPSA) is 73.9 Å². The highest BCUT2D eigenvalue weighted by Gasteiger charge is 2.01. The van der Waals surface area contributed by atoms with Crippen molar-refractivity contribution in [3.63, 3.8) is 0 Å². The first-order chi connectivity index (χ1) is 8.81. The fourth-order valence-electron chi connectivity index (χ4n) is 1.64. The first kappa shape index (κ1) is 10.5. The predicted octanol–water partition coefficient (Wildman–Crippen LogP) is 2.40. The fourth-order valence-corrected chi connectivity index (χ4v) is 1.64. The van der Waals surface area contributed by atoms with E-state index in [1.54, 1.807) is 18.5 Å². The molecule has 0 aliphatic carbocycles. The summed E-state index contributed by atoms with van der Waals surface area (Å²) in [5, 5.41) is 1.06. The van der Waals surface area contributed by atoms with Gasteiger partial charge >= 0.3 is 0 Å². The van der Waals surface area contributed by atoms with E-state index in [-0.39, 0.29) is 5.95 Å². The van der Waals surface area contributed by atoms with E-state index in [2.05, 4.69) is 15.0 Å². The van der Waals surface area contributed by atoms with E-state index in [1.165, 1.54) is 0 Å². The zero-order valence-electron chi connectivity index (χ0n) is 9.45. The van der Waals surface area contributed by atoms with Crippen LogP contribution in [0.4, 0.5) is 5.95 Å². The van der Waals surface area contributed by atoms with Crippen molar-refractivity contribution in [2.24, 2.45) is 0 Å². The van der Waals surface area contributed by atoms with Gasteiger partial charge in [-0.2, -0.15) is 4.98 Å². The highest BCUT2D eigenvalue weighted by Crippen LogP contribution is 2.23. The van der Waals surface area contributed by atoms with Crippen LogP contribution in [-0.2, 0) is 0 Å². The maximum Gasteiger partial charge on any atom is 0.224 e. The van der Waals surface area contributed by atoms with E-state index in [9.17, 15) is 0 Å². The van der Waals surface area contributed by atoms with E-state index in [0.29, 0.717) is 11.6 Å². The number of anilines is 1. The van der Waals surface area contributed by atoms with Gasteiger partial charge < -0.3 is 10.5 Å². The molecule has 18 heavy (non-hydrogen) atoms. The van der Waals surface area contributed by atoms with Gasteiger partial charge in [0, 0.05) is 29.9 Å². The highest BCUT2D eigenvalue weighted by atomic mass is 16.5. The average Bonchev–Trinajstić information content (AvgIpc) is 2.39. The number of hydrogen-bond acceptors (Lipinski definition) is 5. The van der Waals surface area contributed by atoms with Crippen molar-refractivity contribution in [1.82, 2.24) is 15.0 Å². The summed E-state index contributed by atoms with van der Waals surface area (Å²) in [6.07, 6.45) is 3.30. The lowest BCUT2D eigenvalue weighted by molar-refractivity contribution is 0.463.